The van der Waals surface area contributed by atoms with E-state index in [1.54, 1.807) is 12.1 Å². The number of benzene rings is 1. The first kappa shape index (κ1) is 11.6. The maximum atomic E-state index is 11.7. The van der Waals surface area contributed by atoms with E-state index in [1.165, 1.54) is 13.2 Å². The Morgan fingerprint density at radius 3 is 2.53 bits per heavy atom. The van der Waals surface area contributed by atoms with Gasteiger partial charge in [-0.05, 0) is 35.4 Å². The summed E-state index contributed by atoms with van der Waals surface area (Å²) in [6.45, 7) is 0.250. The van der Waals surface area contributed by atoms with Crippen LogP contribution in [0.5, 0.6) is 17.2 Å². The minimum Gasteiger partial charge on any atom is -0.493 e. The molecule has 2 aromatic carbocycles. The zero-order chi connectivity index (χ0) is 13.2. The Bertz CT molecular complexity index is 679. The largest absolute Gasteiger partial charge is 0.493 e. The van der Waals surface area contributed by atoms with Crippen molar-refractivity contribution in [2.75, 3.05) is 13.9 Å². The molecule has 0 bridgehead atoms. The Balaban J connectivity index is 2.07. The number of rotatable bonds is 2. The standard InChI is InChI=1S/C15H12O4/c1-17-13-6-3-10(2-5-12(13)16)11-4-7-14-15(8-11)19-9-18-14/h2-8H,9H2,1H3. The first-order chi connectivity index (χ1) is 9.28. The molecular formula is C15H12O4. The summed E-state index contributed by atoms with van der Waals surface area (Å²) in [5, 5.41) is 0. The molecule has 0 saturated heterocycles. The number of methoxy groups -OCH3 is 1. The molecule has 0 N–H and O–H groups in total. The third-order valence-electron chi connectivity index (χ3n) is 3.00. The predicted octanol–water partition coefficient (Wildman–Crippen LogP) is 2.45. The van der Waals surface area contributed by atoms with Crippen LogP contribution in [-0.4, -0.2) is 13.9 Å². The van der Waals surface area contributed by atoms with Crippen molar-refractivity contribution in [2.45, 2.75) is 0 Å². The highest BCUT2D eigenvalue weighted by Gasteiger charge is 2.13. The van der Waals surface area contributed by atoms with Gasteiger partial charge in [-0.15, -0.1) is 0 Å². The molecule has 4 heteroatoms. The van der Waals surface area contributed by atoms with Crippen molar-refractivity contribution < 1.29 is 14.2 Å². The highest BCUT2D eigenvalue weighted by atomic mass is 16.7. The molecule has 0 spiro atoms. The summed E-state index contributed by atoms with van der Waals surface area (Å²) in [7, 11) is 1.48. The van der Waals surface area contributed by atoms with Crippen molar-refractivity contribution >= 4 is 0 Å². The summed E-state index contributed by atoms with van der Waals surface area (Å²) in [5.74, 6) is 1.79. The molecule has 1 aliphatic heterocycles. The topological polar surface area (TPSA) is 44.8 Å². The summed E-state index contributed by atoms with van der Waals surface area (Å²) >= 11 is 0. The molecule has 0 saturated carbocycles. The summed E-state index contributed by atoms with van der Waals surface area (Å²) in [6, 6.07) is 12.5. The van der Waals surface area contributed by atoms with Crippen LogP contribution in [0.2, 0.25) is 0 Å². The van der Waals surface area contributed by atoms with Crippen molar-refractivity contribution in [3.63, 3.8) is 0 Å². The molecule has 0 aromatic heterocycles. The Hall–Kier alpha value is -2.49. The lowest BCUT2D eigenvalue weighted by Gasteiger charge is -2.01. The van der Waals surface area contributed by atoms with Gasteiger partial charge in [-0.2, -0.15) is 0 Å². The molecule has 0 unspecified atom stereocenters. The second-order valence-electron chi connectivity index (χ2n) is 4.12. The molecule has 1 aliphatic rings. The normalized spacial score (nSPS) is 12.3. The van der Waals surface area contributed by atoms with Crippen LogP contribution in [0.15, 0.2) is 47.3 Å². The number of ether oxygens (including phenoxy) is 3. The van der Waals surface area contributed by atoms with E-state index in [9.17, 15) is 4.79 Å². The molecule has 96 valence electrons. The molecule has 0 aliphatic carbocycles. The fourth-order valence-corrected chi connectivity index (χ4v) is 1.99. The SMILES string of the molecule is COc1ccc(-c2ccc3c(c2)OCO3)ccc1=O. The van der Waals surface area contributed by atoms with E-state index >= 15 is 0 Å². The van der Waals surface area contributed by atoms with E-state index in [0.29, 0.717) is 5.75 Å². The molecule has 19 heavy (non-hydrogen) atoms. The smallest absolute Gasteiger partial charge is 0.231 e. The van der Waals surface area contributed by atoms with Crippen LogP contribution >= 0.6 is 0 Å². The van der Waals surface area contributed by atoms with E-state index in [4.69, 9.17) is 14.2 Å². The molecule has 0 amide bonds. The summed E-state index contributed by atoms with van der Waals surface area (Å²) in [6.07, 6.45) is 0. The van der Waals surface area contributed by atoms with Gasteiger partial charge in [0, 0.05) is 0 Å². The van der Waals surface area contributed by atoms with Crippen molar-refractivity contribution in [1.82, 2.24) is 0 Å². The van der Waals surface area contributed by atoms with Gasteiger partial charge in [0.2, 0.25) is 12.2 Å². The maximum Gasteiger partial charge on any atom is 0.231 e. The van der Waals surface area contributed by atoms with Crippen LogP contribution in [0, 0.1) is 0 Å². The second kappa shape index (κ2) is 4.65. The zero-order valence-corrected chi connectivity index (χ0v) is 10.4. The first-order valence-electron chi connectivity index (χ1n) is 5.86. The van der Waals surface area contributed by atoms with E-state index in [1.807, 2.05) is 24.3 Å². The average molecular weight is 256 g/mol. The van der Waals surface area contributed by atoms with E-state index in [0.717, 1.165) is 22.6 Å². The van der Waals surface area contributed by atoms with Crippen molar-refractivity contribution in [2.24, 2.45) is 0 Å². The van der Waals surface area contributed by atoms with Gasteiger partial charge in [0.15, 0.2) is 17.2 Å². The van der Waals surface area contributed by atoms with Gasteiger partial charge < -0.3 is 14.2 Å². The molecule has 0 atom stereocenters. The minimum atomic E-state index is -0.144. The van der Waals surface area contributed by atoms with Crippen LogP contribution in [0.25, 0.3) is 11.1 Å². The van der Waals surface area contributed by atoms with Gasteiger partial charge in [0.25, 0.3) is 0 Å². The third kappa shape index (κ3) is 2.12. The number of fused-ring (bicyclic) bond motifs is 1. The fraction of sp³-hybridized carbons (Fsp3) is 0.133. The summed E-state index contributed by atoms with van der Waals surface area (Å²) < 4.78 is 15.6. The molecule has 1 heterocycles. The zero-order valence-electron chi connectivity index (χ0n) is 10.4. The van der Waals surface area contributed by atoms with E-state index in [-0.39, 0.29) is 12.2 Å². The van der Waals surface area contributed by atoms with Crippen LogP contribution in [0.3, 0.4) is 0 Å². The maximum absolute atomic E-state index is 11.7. The van der Waals surface area contributed by atoms with Crippen molar-refractivity contribution in [3.8, 4) is 28.4 Å². The first-order valence-corrected chi connectivity index (χ1v) is 5.86. The monoisotopic (exact) mass is 256 g/mol. The van der Waals surface area contributed by atoms with Gasteiger partial charge in [0.05, 0.1) is 7.11 Å². The highest BCUT2D eigenvalue weighted by Crippen LogP contribution is 2.35. The van der Waals surface area contributed by atoms with Gasteiger partial charge in [0.1, 0.15) is 0 Å². The fourth-order valence-electron chi connectivity index (χ4n) is 1.99. The molecular weight excluding hydrogens is 244 g/mol. The van der Waals surface area contributed by atoms with Gasteiger partial charge in [-0.25, -0.2) is 0 Å². The Kier molecular flexibility index (Phi) is 2.83. The van der Waals surface area contributed by atoms with Crippen LogP contribution in [0.1, 0.15) is 0 Å². The molecule has 0 fully saturated rings. The van der Waals surface area contributed by atoms with Gasteiger partial charge >= 0.3 is 0 Å². The average Bonchev–Trinajstić information content (AvgIpc) is 2.81. The number of hydrogen-bond acceptors (Lipinski definition) is 4. The summed E-state index contributed by atoms with van der Waals surface area (Å²) in [4.78, 5) is 11.7. The van der Waals surface area contributed by atoms with Gasteiger partial charge in [-0.3, -0.25) is 4.79 Å². The molecule has 3 rings (SSSR count). The van der Waals surface area contributed by atoms with E-state index in [2.05, 4.69) is 0 Å². The quantitative estimate of drug-likeness (QED) is 0.828. The van der Waals surface area contributed by atoms with Gasteiger partial charge in [-0.1, -0.05) is 18.2 Å². The van der Waals surface area contributed by atoms with Crippen molar-refractivity contribution in [3.05, 3.63) is 52.7 Å². The Morgan fingerprint density at radius 2 is 1.68 bits per heavy atom. The highest BCUT2D eigenvalue weighted by molar-refractivity contribution is 5.67. The van der Waals surface area contributed by atoms with Crippen molar-refractivity contribution in [1.29, 1.82) is 0 Å². The Morgan fingerprint density at radius 1 is 0.947 bits per heavy atom. The number of hydrogen-bond donors (Lipinski definition) is 0. The predicted molar refractivity (Wildman–Crippen MR) is 70.8 cm³/mol. The molecule has 0 radical (unpaired) electrons. The lowest BCUT2D eigenvalue weighted by molar-refractivity contribution is 0.174. The lowest BCUT2D eigenvalue weighted by Crippen LogP contribution is -1.98. The lowest BCUT2D eigenvalue weighted by atomic mass is 10.1. The van der Waals surface area contributed by atoms with Crippen LogP contribution in [-0.2, 0) is 0 Å². The molecule has 2 aromatic rings. The third-order valence-corrected chi connectivity index (χ3v) is 3.00. The second-order valence-corrected chi connectivity index (χ2v) is 4.12. The summed E-state index contributed by atoms with van der Waals surface area (Å²) in [5.41, 5.74) is 1.73. The van der Waals surface area contributed by atoms with E-state index < -0.39 is 0 Å². The Labute approximate surface area is 110 Å². The minimum absolute atomic E-state index is 0.144. The molecule has 4 nitrogen and oxygen atoms in total. The van der Waals surface area contributed by atoms with Crippen LogP contribution in [0.4, 0.5) is 0 Å². The van der Waals surface area contributed by atoms with Crippen LogP contribution < -0.4 is 19.6 Å².